The molecule has 7 aliphatic rings. The van der Waals surface area contributed by atoms with Gasteiger partial charge in [-0.3, -0.25) is 0 Å². The zero-order valence-corrected chi connectivity index (χ0v) is 34.0. The maximum atomic E-state index is 14.8. The number of fused-ring (bicyclic) bond motifs is 1. The minimum Gasteiger partial charge on any atom is -0.508 e. The number of aromatic hydroxyl groups is 1. The van der Waals surface area contributed by atoms with Crippen LogP contribution in [0, 0.1) is 35.0 Å². The van der Waals surface area contributed by atoms with Crippen LogP contribution < -0.4 is 5.32 Å². The van der Waals surface area contributed by atoms with Crippen molar-refractivity contribution in [2.75, 3.05) is 6.61 Å². The lowest BCUT2D eigenvalue weighted by atomic mass is 9.44. The van der Waals surface area contributed by atoms with E-state index in [1.165, 1.54) is 43.2 Å². The molecule has 2 bridgehead atoms. The summed E-state index contributed by atoms with van der Waals surface area (Å²) in [4.78, 5) is 29.0. The summed E-state index contributed by atoms with van der Waals surface area (Å²) in [6.07, 6.45) is 15.9. The molecule has 0 unspecified atom stereocenters. The highest BCUT2D eigenvalue weighted by Gasteiger charge is 2.68. The summed E-state index contributed by atoms with van der Waals surface area (Å²) in [7, 11) is 0. The van der Waals surface area contributed by atoms with Crippen molar-refractivity contribution in [3.8, 4) is 16.9 Å². The van der Waals surface area contributed by atoms with E-state index in [-0.39, 0.29) is 53.9 Å². The van der Waals surface area contributed by atoms with Gasteiger partial charge in [-0.1, -0.05) is 87.7 Å². The van der Waals surface area contributed by atoms with Gasteiger partial charge in [0.2, 0.25) is 0 Å². The van der Waals surface area contributed by atoms with Crippen molar-refractivity contribution in [3.63, 3.8) is 0 Å². The van der Waals surface area contributed by atoms with Crippen LogP contribution in [0.25, 0.3) is 16.7 Å². The quantitative estimate of drug-likeness (QED) is 0.157. The van der Waals surface area contributed by atoms with Gasteiger partial charge in [0.25, 0.3) is 0 Å². The average molecular weight is 780 g/mol. The Morgan fingerprint density at radius 1 is 0.879 bits per heavy atom. The molecule has 0 aromatic heterocycles. The van der Waals surface area contributed by atoms with Crippen molar-refractivity contribution in [1.29, 1.82) is 0 Å². The van der Waals surface area contributed by atoms with Crippen LogP contribution >= 0.6 is 0 Å². The SMILES string of the molecule is CC[C@H](/C=C1\OC(=O)C2=C(c3cc(O)ccc3-c3cccc(CNC4CCCCC4)c3)[C@@H]3CC[C@@]21[C@H]1C2=C(CC[C@@H]31)C(=CC[C@H](C)CO)OC2=O)Cc1ccccc1. The fraction of sp³-hybridized carbons (Fsp3) is 0.451. The Balaban J connectivity index is 1.19. The van der Waals surface area contributed by atoms with E-state index in [0.29, 0.717) is 48.0 Å². The number of carbonyl (C=O) groups excluding carboxylic acids is 2. The topological polar surface area (TPSA) is 105 Å². The number of phenols is 1. The molecule has 302 valence electrons. The number of cyclic esters (lactones) is 2. The van der Waals surface area contributed by atoms with Gasteiger partial charge >= 0.3 is 11.9 Å². The highest BCUT2D eigenvalue weighted by Crippen LogP contribution is 2.72. The number of esters is 2. The minimum absolute atomic E-state index is 0.0129. The first-order valence-electron chi connectivity index (χ1n) is 21.9. The summed E-state index contributed by atoms with van der Waals surface area (Å²) in [6, 6.07) is 25.3. The van der Waals surface area contributed by atoms with Crippen LogP contribution in [0.3, 0.4) is 0 Å². The summed E-state index contributed by atoms with van der Waals surface area (Å²) >= 11 is 0. The molecule has 2 aliphatic heterocycles. The molecule has 1 spiro atoms. The van der Waals surface area contributed by atoms with Gasteiger partial charge in [0.05, 0.1) is 11.0 Å². The number of aliphatic hydroxyl groups is 1. The normalized spacial score (nSPS) is 27.7. The predicted molar refractivity (Wildman–Crippen MR) is 226 cm³/mol. The number of ether oxygens (including phenoxy) is 2. The van der Waals surface area contributed by atoms with Gasteiger partial charge in [0.15, 0.2) is 0 Å². The van der Waals surface area contributed by atoms with Crippen LogP contribution in [0.1, 0.15) is 101 Å². The second-order valence-electron chi connectivity index (χ2n) is 17.9. The van der Waals surface area contributed by atoms with Crippen LogP contribution in [0.4, 0.5) is 0 Å². The molecule has 7 nitrogen and oxygen atoms in total. The molecule has 5 aliphatic carbocycles. The molecule has 2 saturated carbocycles. The van der Waals surface area contributed by atoms with E-state index in [4.69, 9.17) is 9.47 Å². The Kier molecular flexibility index (Phi) is 10.8. The van der Waals surface area contributed by atoms with Crippen molar-refractivity contribution in [2.45, 2.75) is 103 Å². The van der Waals surface area contributed by atoms with E-state index in [2.05, 4.69) is 66.8 Å². The van der Waals surface area contributed by atoms with Gasteiger partial charge < -0.3 is 25.0 Å². The largest absolute Gasteiger partial charge is 0.508 e. The average Bonchev–Trinajstić information content (AvgIpc) is 3.74. The molecular formula is C51H57NO6. The first-order chi connectivity index (χ1) is 28.3. The smallest absolute Gasteiger partial charge is 0.340 e. The second-order valence-corrected chi connectivity index (χ2v) is 17.9. The van der Waals surface area contributed by atoms with Crippen molar-refractivity contribution in [3.05, 3.63) is 130 Å². The number of allylic oxidation sites excluding steroid dienone is 5. The molecule has 10 rings (SSSR count). The van der Waals surface area contributed by atoms with E-state index in [9.17, 15) is 19.8 Å². The van der Waals surface area contributed by atoms with Crippen molar-refractivity contribution in [2.24, 2.45) is 35.0 Å². The Morgan fingerprint density at radius 3 is 2.48 bits per heavy atom. The zero-order valence-electron chi connectivity index (χ0n) is 34.0. The zero-order chi connectivity index (χ0) is 40.0. The number of aliphatic hydroxyl groups excluding tert-OH is 1. The summed E-state index contributed by atoms with van der Waals surface area (Å²) in [5.41, 5.74) is 7.77. The molecule has 0 radical (unpaired) electrons. The molecule has 58 heavy (non-hydrogen) atoms. The number of benzene rings is 3. The highest BCUT2D eigenvalue weighted by atomic mass is 16.5. The monoisotopic (exact) mass is 779 g/mol. The van der Waals surface area contributed by atoms with Gasteiger partial charge in [0.1, 0.15) is 17.3 Å². The maximum absolute atomic E-state index is 14.8. The molecule has 3 N–H and O–H groups in total. The summed E-state index contributed by atoms with van der Waals surface area (Å²) in [5.74, 6) is 0.730. The third-order valence-corrected chi connectivity index (χ3v) is 14.3. The Morgan fingerprint density at radius 2 is 1.69 bits per heavy atom. The van der Waals surface area contributed by atoms with E-state index in [0.717, 1.165) is 60.1 Å². The molecule has 2 heterocycles. The Labute approximate surface area is 342 Å². The van der Waals surface area contributed by atoms with Gasteiger partial charge in [-0.15, -0.1) is 0 Å². The van der Waals surface area contributed by atoms with Crippen molar-refractivity contribution >= 4 is 17.5 Å². The fourth-order valence-electron chi connectivity index (χ4n) is 11.5. The number of nitrogens with one attached hydrogen (secondary N) is 1. The highest BCUT2D eigenvalue weighted by molar-refractivity contribution is 6.07. The van der Waals surface area contributed by atoms with Crippen LogP contribution in [0.15, 0.2) is 113 Å². The summed E-state index contributed by atoms with van der Waals surface area (Å²) in [6.45, 7) is 5.01. The second kappa shape index (κ2) is 16.1. The Bertz CT molecular complexity index is 2210. The minimum atomic E-state index is -0.849. The lowest BCUT2D eigenvalue weighted by Crippen LogP contribution is -2.52. The number of rotatable bonds is 12. The molecular weight excluding hydrogens is 723 g/mol. The van der Waals surface area contributed by atoms with Gasteiger partial charge in [-0.2, -0.15) is 0 Å². The van der Waals surface area contributed by atoms with E-state index in [1.807, 2.05) is 31.2 Å². The fourth-order valence-corrected chi connectivity index (χ4v) is 11.5. The molecule has 3 fully saturated rings. The lowest BCUT2D eigenvalue weighted by molar-refractivity contribution is -0.135. The van der Waals surface area contributed by atoms with Gasteiger partial charge in [-0.25, -0.2) is 9.59 Å². The van der Waals surface area contributed by atoms with Gasteiger partial charge in [0, 0.05) is 36.3 Å². The standard InChI is InChI=1S/C51H57NO6/c1-3-32(25-33-11-6-4-7-12-33)27-44-51-24-23-39(40-20-21-41-43(22-17-31(2)30-53)57-49(55)46(41)47(40)51)45(48(51)50(56)58-44)42-28-37(54)18-19-38(42)35-14-10-13-34(26-35)29-52-36-15-8-5-9-16-36/h4,6-7,10-14,18-19,22,26-28,31-32,36,39-40,47,52-54H,3,5,8-9,15-17,20-21,23-25,29-30H2,1-2H3/b43-22?,44-27-/t31-,32-,39+,40-,47+,51+/m0/s1. The first-order valence-corrected chi connectivity index (χ1v) is 21.9. The molecule has 3 aromatic rings. The van der Waals surface area contributed by atoms with Crippen LogP contribution in [0.5, 0.6) is 5.75 Å². The summed E-state index contributed by atoms with van der Waals surface area (Å²) < 4.78 is 12.7. The molecule has 0 amide bonds. The van der Waals surface area contributed by atoms with Crippen LogP contribution in [-0.4, -0.2) is 34.8 Å². The van der Waals surface area contributed by atoms with Crippen molar-refractivity contribution < 1.29 is 29.3 Å². The number of hydrogen-bond acceptors (Lipinski definition) is 7. The van der Waals surface area contributed by atoms with Gasteiger partial charge in [-0.05, 0) is 145 Å². The van der Waals surface area contributed by atoms with Crippen LogP contribution in [0.2, 0.25) is 0 Å². The number of carbonyl (C=O) groups is 2. The molecule has 7 heteroatoms. The Hall–Kier alpha value is -4.72. The lowest BCUT2D eigenvalue weighted by Gasteiger charge is -2.56. The van der Waals surface area contributed by atoms with E-state index in [1.54, 1.807) is 6.07 Å². The maximum Gasteiger partial charge on any atom is 0.340 e. The number of hydrogen-bond donors (Lipinski definition) is 3. The van der Waals surface area contributed by atoms with Crippen LogP contribution in [-0.2, 0) is 32.0 Å². The predicted octanol–water partition coefficient (Wildman–Crippen LogP) is 10.1. The first kappa shape index (κ1) is 38.8. The summed E-state index contributed by atoms with van der Waals surface area (Å²) in [5, 5.41) is 24.7. The van der Waals surface area contributed by atoms with Crippen molar-refractivity contribution in [1.82, 2.24) is 5.32 Å². The van der Waals surface area contributed by atoms with E-state index >= 15 is 0 Å². The van der Waals surface area contributed by atoms with E-state index < -0.39 is 5.41 Å². The molecule has 1 saturated heterocycles. The number of phenolic OH excluding ortho intramolecular Hbond substituents is 1. The third-order valence-electron chi connectivity index (χ3n) is 14.3. The third kappa shape index (κ3) is 6.88. The molecule has 3 aromatic carbocycles. The molecule has 6 atom stereocenters.